The van der Waals surface area contributed by atoms with Crippen molar-refractivity contribution in [3.05, 3.63) is 64.8 Å². The number of thioether (sulfide) groups is 1. The molecule has 0 aliphatic carbocycles. The highest BCUT2D eigenvalue weighted by atomic mass is 32.2. The van der Waals surface area contributed by atoms with E-state index in [-0.39, 0.29) is 11.6 Å². The maximum absolute atomic E-state index is 13.8. The van der Waals surface area contributed by atoms with Gasteiger partial charge < -0.3 is 4.74 Å². The molecule has 0 bridgehead atoms. The van der Waals surface area contributed by atoms with E-state index in [9.17, 15) is 9.18 Å². The van der Waals surface area contributed by atoms with E-state index in [0.717, 1.165) is 11.3 Å². The van der Waals surface area contributed by atoms with Gasteiger partial charge in [-0.05, 0) is 54.6 Å². The zero-order valence-corrected chi connectivity index (χ0v) is 14.7. The van der Waals surface area contributed by atoms with Crippen LogP contribution in [0.15, 0.2) is 58.4 Å². The largest absolute Gasteiger partial charge is 0.494 e. The van der Waals surface area contributed by atoms with E-state index in [1.165, 1.54) is 22.7 Å². The Morgan fingerprint density at radius 1 is 1.24 bits per heavy atom. The summed E-state index contributed by atoms with van der Waals surface area (Å²) >= 11 is 1.22. The molecular formula is C19H17FN2O2S. The molecule has 0 atom stereocenters. The normalized spacial score (nSPS) is 17.6. The lowest BCUT2D eigenvalue weighted by Gasteiger charge is -2.07. The van der Waals surface area contributed by atoms with Gasteiger partial charge in [-0.2, -0.15) is 0 Å². The number of carbonyl (C=O) groups is 1. The van der Waals surface area contributed by atoms with E-state index in [2.05, 4.69) is 4.99 Å². The lowest BCUT2D eigenvalue weighted by Crippen LogP contribution is -2.23. The van der Waals surface area contributed by atoms with Gasteiger partial charge in [-0.1, -0.05) is 24.3 Å². The lowest BCUT2D eigenvalue weighted by molar-refractivity contribution is -0.121. The molecule has 1 heterocycles. The number of carbonyl (C=O) groups excluding carboxylic acids is 1. The minimum atomic E-state index is -0.418. The van der Waals surface area contributed by atoms with Crippen LogP contribution in [0.1, 0.15) is 12.5 Å². The Morgan fingerprint density at radius 3 is 2.80 bits per heavy atom. The molecule has 1 aliphatic heterocycles. The monoisotopic (exact) mass is 356 g/mol. The predicted octanol–water partition coefficient (Wildman–Crippen LogP) is 4.46. The molecule has 1 saturated heterocycles. The second-order valence-corrected chi connectivity index (χ2v) is 6.34. The second kappa shape index (κ2) is 7.53. The average molecular weight is 356 g/mol. The first-order chi connectivity index (χ1) is 12.1. The molecular weight excluding hydrogens is 339 g/mol. The molecule has 6 heteroatoms. The van der Waals surface area contributed by atoms with Gasteiger partial charge in [0.15, 0.2) is 5.17 Å². The Hall–Kier alpha value is -2.60. The van der Waals surface area contributed by atoms with Gasteiger partial charge in [0.05, 0.1) is 11.5 Å². The van der Waals surface area contributed by atoms with Crippen LogP contribution in [0, 0.1) is 5.82 Å². The summed E-state index contributed by atoms with van der Waals surface area (Å²) in [6.07, 6.45) is 1.79. The molecule has 1 fully saturated rings. The summed E-state index contributed by atoms with van der Waals surface area (Å²) in [6.45, 7) is 2.50. The van der Waals surface area contributed by atoms with E-state index in [1.54, 1.807) is 31.3 Å². The van der Waals surface area contributed by atoms with Crippen molar-refractivity contribution in [3.8, 4) is 5.75 Å². The van der Waals surface area contributed by atoms with Crippen molar-refractivity contribution < 1.29 is 13.9 Å². The number of amides is 1. The van der Waals surface area contributed by atoms with Crippen molar-refractivity contribution in [1.82, 2.24) is 4.90 Å². The zero-order valence-electron chi connectivity index (χ0n) is 13.9. The smallest absolute Gasteiger partial charge is 0.266 e. The molecule has 0 spiro atoms. The molecule has 0 radical (unpaired) electrons. The minimum absolute atomic E-state index is 0.165. The number of halogens is 1. The standard InChI is InChI=1S/C19H17FN2O2S/c1-3-24-14-8-6-7-13(11-14)12-17-18(23)22(2)19(25-17)21-16-10-5-4-9-15(16)20/h4-12H,3H2,1-2H3/b17-12+,21-19?. The first kappa shape index (κ1) is 17.2. The molecule has 1 amide bonds. The van der Waals surface area contributed by atoms with E-state index >= 15 is 0 Å². The van der Waals surface area contributed by atoms with Crippen molar-refractivity contribution in [2.24, 2.45) is 4.99 Å². The van der Waals surface area contributed by atoms with Gasteiger partial charge in [-0.25, -0.2) is 9.38 Å². The van der Waals surface area contributed by atoms with Crippen molar-refractivity contribution in [3.63, 3.8) is 0 Å². The maximum Gasteiger partial charge on any atom is 0.266 e. The summed E-state index contributed by atoms with van der Waals surface area (Å²) in [6, 6.07) is 13.7. The highest BCUT2D eigenvalue weighted by Crippen LogP contribution is 2.33. The number of amidine groups is 1. The van der Waals surface area contributed by atoms with Crippen LogP contribution in [0.3, 0.4) is 0 Å². The number of nitrogens with zero attached hydrogens (tertiary/aromatic N) is 2. The molecule has 1 aliphatic rings. The first-order valence-electron chi connectivity index (χ1n) is 7.82. The van der Waals surface area contributed by atoms with Gasteiger partial charge in [0, 0.05) is 7.05 Å². The Balaban J connectivity index is 1.88. The van der Waals surface area contributed by atoms with Gasteiger partial charge in [-0.15, -0.1) is 0 Å². The van der Waals surface area contributed by atoms with Gasteiger partial charge in [-0.3, -0.25) is 9.69 Å². The summed E-state index contributed by atoms with van der Waals surface area (Å²) in [4.78, 5) is 18.7. The molecule has 0 N–H and O–H groups in total. The summed E-state index contributed by atoms with van der Waals surface area (Å²) in [5.74, 6) is 0.168. The highest BCUT2D eigenvalue weighted by Gasteiger charge is 2.30. The molecule has 25 heavy (non-hydrogen) atoms. The number of para-hydroxylation sites is 1. The summed E-state index contributed by atoms with van der Waals surface area (Å²) in [5, 5.41) is 0.447. The molecule has 0 saturated carbocycles. The van der Waals surface area contributed by atoms with Crippen LogP contribution in [0.25, 0.3) is 6.08 Å². The maximum atomic E-state index is 13.8. The van der Waals surface area contributed by atoms with E-state index in [1.807, 2.05) is 31.2 Å². The number of ether oxygens (including phenoxy) is 1. The SMILES string of the molecule is CCOc1cccc(/C=C2/SC(=Nc3ccccc3F)N(C)C2=O)c1. The fourth-order valence-electron chi connectivity index (χ4n) is 2.31. The van der Waals surface area contributed by atoms with E-state index in [4.69, 9.17) is 4.74 Å². The van der Waals surface area contributed by atoms with Crippen LogP contribution in [0.4, 0.5) is 10.1 Å². The van der Waals surface area contributed by atoms with Crippen LogP contribution in [-0.2, 0) is 4.79 Å². The third-order valence-electron chi connectivity index (χ3n) is 3.54. The summed E-state index contributed by atoms with van der Waals surface area (Å²) < 4.78 is 19.3. The van der Waals surface area contributed by atoms with Gasteiger partial charge in [0.2, 0.25) is 0 Å². The van der Waals surface area contributed by atoms with Gasteiger partial charge >= 0.3 is 0 Å². The molecule has 0 aromatic heterocycles. The number of hydrogen-bond donors (Lipinski definition) is 0. The molecule has 3 rings (SSSR count). The Morgan fingerprint density at radius 2 is 2.04 bits per heavy atom. The first-order valence-corrected chi connectivity index (χ1v) is 8.64. The highest BCUT2D eigenvalue weighted by molar-refractivity contribution is 8.18. The quantitative estimate of drug-likeness (QED) is 0.760. The Kier molecular flexibility index (Phi) is 5.19. The third kappa shape index (κ3) is 3.91. The van der Waals surface area contributed by atoms with Crippen molar-refractivity contribution in [2.75, 3.05) is 13.7 Å². The van der Waals surface area contributed by atoms with Crippen molar-refractivity contribution >= 4 is 34.6 Å². The topological polar surface area (TPSA) is 41.9 Å². The summed E-state index contributed by atoms with van der Waals surface area (Å²) in [5.41, 5.74) is 1.08. The summed E-state index contributed by atoms with van der Waals surface area (Å²) in [7, 11) is 1.63. The number of aliphatic imine (C=N–C) groups is 1. The minimum Gasteiger partial charge on any atom is -0.494 e. The molecule has 2 aromatic carbocycles. The van der Waals surface area contributed by atoms with Gasteiger partial charge in [0.25, 0.3) is 5.91 Å². The van der Waals surface area contributed by atoms with Crippen LogP contribution >= 0.6 is 11.8 Å². The third-order valence-corrected chi connectivity index (χ3v) is 4.60. The number of hydrogen-bond acceptors (Lipinski definition) is 4. The second-order valence-electron chi connectivity index (χ2n) is 5.33. The van der Waals surface area contributed by atoms with E-state index in [0.29, 0.717) is 16.7 Å². The lowest BCUT2D eigenvalue weighted by atomic mass is 10.2. The van der Waals surface area contributed by atoms with Crippen LogP contribution < -0.4 is 4.74 Å². The predicted molar refractivity (Wildman–Crippen MR) is 99.4 cm³/mol. The van der Waals surface area contributed by atoms with Crippen molar-refractivity contribution in [2.45, 2.75) is 6.92 Å². The molecule has 4 nitrogen and oxygen atoms in total. The number of rotatable bonds is 4. The molecule has 128 valence electrons. The van der Waals surface area contributed by atoms with Crippen molar-refractivity contribution in [1.29, 1.82) is 0 Å². The molecule has 0 unspecified atom stereocenters. The van der Waals surface area contributed by atoms with Crippen LogP contribution in [-0.4, -0.2) is 29.6 Å². The average Bonchev–Trinajstić information content (AvgIpc) is 2.86. The van der Waals surface area contributed by atoms with Crippen LogP contribution in [0.5, 0.6) is 5.75 Å². The Labute approximate surface area is 150 Å². The zero-order chi connectivity index (χ0) is 17.8. The number of benzene rings is 2. The fourth-order valence-corrected chi connectivity index (χ4v) is 3.29. The van der Waals surface area contributed by atoms with Gasteiger partial charge in [0.1, 0.15) is 17.3 Å². The fraction of sp³-hybridized carbons (Fsp3) is 0.158. The van der Waals surface area contributed by atoms with E-state index < -0.39 is 5.82 Å². The van der Waals surface area contributed by atoms with Crippen LogP contribution in [0.2, 0.25) is 0 Å². The Bertz CT molecular complexity index is 864. The molecule has 2 aromatic rings. The number of likely N-dealkylation sites (N-methyl/N-ethyl adjacent to an activating group) is 1.